The van der Waals surface area contributed by atoms with Crippen molar-refractivity contribution in [3.63, 3.8) is 0 Å². The molecule has 10 heteroatoms. The monoisotopic (exact) mass is 600 g/mol. The van der Waals surface area contributed by atoms with Gasteiger partial charge in [0, 0.05) is 0 Å². The maximum Gasteiger partial charge on any atom is 0.335 e. The minimum absolute atomic E-state index is 0.00144. The molecular weight excluding hydrogens is 556 g/mol. The van der Waals surface area contributed by atoms with Gasteiger partial charge in [0.05, 0.1) is 24.4 Å². The van der Waals surface area contributed by atoms with Crippen LogP contribution in [0.5, 0.6) is 23.0 Å². The third kappa shape index (κ3) is 14.1. The van der Waals surface area contributed by atoms with Crippen molar-refractivity contribution in [3.8, 4) is 23.0 Å². The Morgan fingerprint density at radius 3 is 1.63 bits per heavy atom. The number of ether oxygens (including phenoxy) is 6. The first-order chi connectivity index (χ1) is 20.9. The lowest BCUT2D eigenvalue weighted by Crippen LogP contribution is -2.15. The highest BCUT2D eigenvalue weighted by atomic mass is 16.6. The van der Waals surface area contributed by atoms with E-state index in [4.69, 9.17) is 38.6 Å². The Labute approximate surface area is 253 Å². The Bertz CT molecular complexity index is 1140. The predicted molar refractivity (Wildman–Crippen MR) is 162 cm³/mol. The van der Waals surface area contributed by atoms with Crippen LogP contribution in [0, 0.1) is 0 Å². The van der Waals surface area contributed by atoms with Crippen LogP contribution in [0.25, 0.3) is 0 Å². The summed E-state index contributed by atoms with van der Waals surface area (Å²) in [4.78, 5) is 23.1. The third-order valence-corrected chi connectivity index (χ3v) is 6.14. The van der Waals surface area contributed by atoms with Crippen molar-refractivity contribution in [2.24, 2.45) is 0 Å². The Kier molecular flexibility index (Phi) is 17.0. The van der Waals surface area contributed by atoms with Crippen molar-refractivity contribution in [2.45, 2.75) is 45.4 Å². The topological polar surface area (TPSA) is 130 Å². The highest BCUT2D eigenvalue weighted by molar-refractivity contribution is 5.88. The van der Waals surface area contributed by atoms with Gasteiger partial charge in [0.2, 0.25) is 0 Å². The molecule has 0 aliphatic heterocycles. The lowest BCUT2D eigenvalue weighted by atomic mass is 10.0. The number of aliphatic hydroxyl groups is 2. The van der Waals surface area contributed by atoms with Crippen LogP contribution < -0.4 is 18.9 Å². The molecule has 2 aromatic carbocycles. The first-order valence-electron chi connectivity index (χ1n) is 14.5. The first-order valence-corrected chi connectivity index (χ1v) is 14.5. The van der Waals surface area contributed by atoms with Crippen LogP contribution in [-0.4, -0.2) is 75.0 Å². The molecule has 0 unspecified atom stereocenters. The minimum atomic E-state index is -0.650. The van der Waals surface area contributed by atoms with Crippen molar-refractivity contribution in [1.29, 1.82) is 0 Å². The summed E-state index contributed by atoms with van der Waals surface area (Å²) < 4.78 is 33.1. The molecule has 43 heavy (non-hydrogen) atoms. The number of aliphatic hydroxyl groups excluding tert-OH is 2. The predicted octanol–water partition coefficient (Wildman–Crippen LogP) is 4.60. The Hall–Kier alpha value is -4.02. The highest BCUT2D eigenvalue weighted by Crippen LogP contribution is 2.27. The summed E-state index contributed by atoms with van der Waals surface area (Å²) in [6.07, 6.45) is 6.61. The summed E-state index contributed by atoms with van der Waals surface area (Å²) in [6.45, 7) is 9.25. The van der Waals surface area contributed by atoms with E-state index in [9.17, 15) is 9.59 Å². The van der Waals surface area contributed by atoms with Crippen molar-refractivity contribution >= 4 is 11.9 Å². The molecule has 0 amide bonds. The maximum atomic E-state index is 11.6. The number of aryl methyl sites for hydroxylation is 1. The molecule has 2 N–H and O–H groups in total. The van der Waals surface area contributed by atoms with Crippen LogP contribution in [0.1, 0.15) is 44.6 Å². The molecule has 2 rings (SSSR count). The van der Waals surface area contributed by atoms with E-state index in [-0.39, 0.29) is 37.6 Å². The molecule has 0 saturated carbocycles. The van der Waals surface area contributed by atoms with Gasteiger partial charge in [-0.25, -0.2) is 9.59 Å². The number of carbonyl (C=O) groups is 2. The van der Waals surface area contributed by atoms with Gasteiger partial charge in [-0.2, -0.15) is 0 Å². The number of rotatable bonds is 23. The van der Waals surface area contributed by atoms with E-state index in [0.29, 0.717) is 30.5 Å². The second-order valence-corrected chi connectivity index (χ2v) is 9.59. The fraction of sp³-hybridized carbons (Fsp3) is 0.455. The Morgan fingerprint density at radius 1 is 0.628 bits per heavy atom. The van der Waals surface area contributed by atoms with Crippen molar-refractivity contribution < 1.29 is 48.2 Å². The van der Waals surface area contributed by atoms with E-state index in [0.717, 1.165) is 30.6 Å². The van der Waals surface area contributed by atoms with Crippen molar-refractivity contribution in [3.05, 3.63) is 72.3 Å². The average Bonchev–Trinajstić information content (AvgIpc) is 3.03. The van der Waals surface area contributed by atoms with Crippen LogP contribution in [0.4, 0.5) is 0 Å². The zero-order chi connectivity index (χ0) is 31.3. The van der Waals surface area contributed by atoms with Crippen LogP contribution >= 0.6 is 0 Å². The third-order valence-electron chi connectivity index (χ3n) is 6.14. The highest BCUT2D eigenvalue weighted by Gasteiger charge is 2.10. The molecule has 0 bridgehead atoms. The summed E-state index contributed by atoms with van der Waals surface area (Å²) in [5.74, 6) is 1.38. The molecule has 0 fully saturated rings. The standard InChI is InChI=1S/C33H44O10/c1-4-5-6-7-8-9-27-22-30(40-18-21-43-33(37)26(3)24-35)14-15-31(27)41-19-16-38-28-10-12-29(13-11-28)39-17-20-42-32(36)25(2)23-34/h10-15,22,34-35H,2-9,16-21,23-24H2,1H3. The molecule has 0 aliphatic carbocycles. The summed E-state index contributed by atoms with van der Waals surface area (Å²) in [5.41, 5.74) is 1.03. The molecule has 0 radical (unpaired) electrons. The number of carbonyl (C=O) groups excluding carboxylic acids is 2. The molecule has 0 heterocycles. The van der Waals surface area contributed by atoms with Gasteiger partial charge in [0.15, 0.2) is 0 Å². The fourth-order valence-electron chi connectivity index (χ4n) is 3.77. The zero-order valence-corrected chi connectivity index (χ0v) is 25.0. The Morgan fingerprint density at radius 2 is 1.09 bits per heavy atom. The zero-order valence-electron chi connectivity index (χ0n) is 25.0. The molecule has 236 valence electrons. The van der Waals surface area contributed by atoms with Crippen molar-refractivity contribution in [1.82, 2.24) is 0 Å². The summed E-state index contributed by atoms with van der Waals surface area (Å²) in [7, 11) is 0. The maximum absolute atomic E-state index is 11.6. The molecule has 0 spiro atoms. The van der Waals surface area contributed by atoms with Gasteiger partial charge in [0.1, 0.15) is 62.6 Å². The van der Waals surface area contributed by atoms with Crippen LogP contribution in [0.15, 0.2) is 66.8 Å². The molecule has 0 aliphatic rings. The van der Waals surface area contributed by atoms with E-state index >= 15 is 0 Å². The van der Waals surface area contributed by atoms with Crippen LogP contribution in [0.3, 0.4) is 0 Å². The van der Waals surface area contributed by atoms with Crippen LogP contribution in [0.2, 0.25) is 0 Å². The SMILES string of the molecule is C=C(CO)C(=O)OCCOc1ccc(OCCOc2ccc(OCCOC(=O)C(=C)CO)cc2CCCCCCC)cc1. The van der Waals surface area contributed by atoms with E-state index < -0.39 is 25.2 Å². The van der Waals surface area contributed by atoms with Gasteiger partial charge in [-0.3, -0.25) is 0 Å². The van der Waals surface area contributed by atoms with E-state index in [1.807, 2.05) is 18.2 Å². The summed E-state index contributed by atoms with van der Waals surface area (Å²) >= 11 is 0. The molecule has 0 saturated heterocycles. The second-order valence-electron chi connectivity index (χ2n) is 9.59. The number of benzene rings is 2. The number of hydrogen-bond acceptors (Lipinski definition) is 10. The van der Waals surface area contributed by atoms with Gasteiger partial charge in [-0.15, -0.1) is 0 Å². The van der Waals surface area contributed by atoms with Gasteiger partial charge < -0.3 is 38.6 Å². The molecular formula is C33H44O10. The number of esters is 2. The molecule has 0 atom stereocenters. The van der Waals surface area contributed by atoms with Gasteiger partial charge >= 0.3 is 11.9 Å². The largest absolute Gasteiger partial charge is 0.490 e. The molecule has 2 aromatic rings. The van der Waals surface area contributed by atoms with E-state index in [1.54, 1.807) is 24.3 Å². The summed E-state index contributed by atoms with van der Waals surface area (Å²) in [6, 6.07) is 12.7. The first kappa shape index (κ1) is 35.2. The second kappa shape index (κ2) is 20.8. The van der Waals surface area contributed by atoms with Gasteiger partial charge in [-0.05, 0) is 60.9 Å². The summed E-state index contributed by atoms with van der Waals surface area (Å²) in [5, 5.41) is 17.8. The van der Waals surface area contributed by atoms with Crippen LogP contribution in [-0.2, 0) is 25.5 Å². The quantitative estimate of drug-likeness (QED) is 0.106. The lowest BCUT2D eigenvalue weighted by molar-refractivity contribution is -0.141. The van der Waals surface area contributed by atoms with Gasteiger partial charge in [-0.1, -0.05) is 45.8 Å². The fourth-order valence-corrected chi connectivity index (χ4v) is 3.77. The average molecular weight is 601 g/mol. The van der Waals surface area contributed by atoms with Gasteiger partial charge in [0.25, 0.3) is 0 Å². The normalized spacial score (nSPS) is 10.5. The van der Waals surface area contributed by atoms with E-state index in [2.05, 4.69) is 20.1 Å². The molecule has 0 aromatic heterocycles. The minimum Gasteiger partial charge on any atom is -0.490 e. The Balaban J connectivity index is 1.80. The molecule has 10 nitrogen and oxygen atoms in total. The number of unbranched alkanes of at least 4 members (excludes halogenated alkanes) is 4. The van der Waals surface area contributed by atoms with Crippen molar-refractivity contribution in [2.75, 3.05) is 52.9 Å². The number of hydrogen-bond donors (Lipinski definition) is 2. The van der Waals surface area contributed by atoms with E-state index in [1.165, 1.54) is 19.3 Å². The smallest absolute Gasteiger partial charge is 0.335 e. The lowest BCUT2D eigenvalue weighted by Gasteiger charge is -2.15.